The maximum atomic E-state index is 5.89. The van der Waals surface area contributed by atoms with Gasteiger partial charge in [0.2, 0.25) is 5.95 Å². The number of rotatable bonds is 8. The van der Waals surface area contributed by atoms with Crippen LogP contribution in [0.2, 0.25) is 0 Å². The minimum absolute atomic E-state index is 0.308. The second-order valence-electron chi connectivity index (χ2n) is 7.85. The number of benzene rings is 1. The Balaban J connectivity index is 1.44. The van der Waals surface area contributed by atoms with Crippen molar-refractivity contribution in [3.63, 3.8) is 0 Å². The third-order valence-corrected chi connectivity index (χ3v) is 5.54. The van der Waals surface area contributed by atoms with Crippen molar-refractivity contribution < 1.29 is 14.2 Å². The van der Waals surface area contributed by atoms with Crippen LogP contribution in [0.25, 0.3) is 0 Å². The predicted molar refractivity (Wildman–Crippen MR) is 123 cm³/mol. The van der Waals surface area contributed by atoms with Crippen LogP contribution < -0.4 is 15.1 Å². The molecule has 0 unspecified atom stereocenters. The van der Waals surface area contributed by atoms with Crippen molar-refractivity contribution >= 4 is 17.9 Å². The molecule has 10 nitrogen and oxygen atoms in total. The lowest BCUT2D eigenvalue weighted by atomic mass is 10.1. The third-order valence-electron chi connectivity index (χ3n) is 5.54. The second kappa shape index (κ2) is 11.2. The summed E-state index contributed by atoms with van der Waals surface area (Å²) in [6.45, 7) is 11.6. The number of aromatic nitrogens is 3. The molecule has 0 spiro atoms. The summed E-state index contributed by atoms with van der Waals surface area (Å²) in [5.74, 6) is 1.02. The van der Waals surface area contributed by atoms with Crippen molar-refractivity contribution in [2.45, 2.75) is 13.8 Å². The van der Waals surface area contributed by atoms with Gasteiger partial charge in [0.05, 0.1) is 38.3 Å². The lowest BCUT2D eigenvalue weighted by molar-refractivity contribution is 0.0317. The highest BCUT2D eigenvalue weighted by molar-refractivity contribution is 5.75. The first kappa shape index (κ1) is 22.4. The van der Waals surface area contributed by atoms with Crippen molar-refractivity contribution in [3.8, 4) is 6.01 Å². The van der Waals surface area contributed by atoms with Gasteiger partial charge in [-0.2, -0.15) is 20.1 Å². The predicted octanol–water partition coefficient (Wildman–Crippen LogP) is 1.48. The van der Waals surface area contributed by atoms with Crippen molar-refractivity contribution in [3.05, 3.63) is 35.2 Å². The zero-order chi connectivity index (χ0) is 22.2. The molecule has 0 saturated carbocycles. The molecule has 0 aliphatic carbocycles. The van der Waals surface area contributed by atoms with Gasteiger partial charge in [-0.25, -0.2) is 0 Å². The Labute approximate surface area is 188 Å². The number of nitrogens with one attached hydrogen (secondary N) is 1. The van der Waals surface area contributed by atoms with Crippen LogP contribution in [0.5, 0.6) is 6.01 Å². The van der Waals surface area contributed by atoms with Crippen molar-refractivity contribution in [2.24, 2.45) is 5.10 Å². The molecule has 0 amide bonds. The van der Waals surface area contributed by atoms with E-state index in [4.69, 9.17) is 14.2 Å². The van der Waals surface area contributed by atoms with Crippen LogP contribution in [0.3, 0.4) is 0 Å². The number of morpholine rings is 2. The summed E-state index contributed by atoms with van der Waals surface area (Å²) >= 11 is 0. The van der Waals surface area contributed by atoms with Crippen LogP contribution in [-0.4, -0.2) is 91.8 Å². The van der Waals surface area contributed by atoms with Gasteiger partial charge in [-0.15, -0.1) is 0 Å². The lowest BCUT2D eigenvalue weighted by Gasteiger charge is -2.27. The van der Waals surface area contributed by atoms with Gasteiger partial charge in [0.1, 0.15) is 6.61 Å². The monoisotopic (exact) mass is 441 g/mol. The van der Waals surface area contributed by atoms with Gasteiger partial charge in [0.15, 0.2) is 5.82 Å². The first-order chi connectivity index (χ1) is 15.7. The van der Waals surface area contributed by atoms with E-state index in [-0.39, 0.29) is 0 Å². The molecule has 3 heterocycles. The number of hydrazone groups is 1. The van der Waals surface area contributed by atoms with E-state index in [1.165, 1.54) is 11.1 Å². The molecular weight excluding hydrogens is 410 g/mol. The van der Waals surface area contributed by atoms with Crippen LogP contribution in [0.1, 0.15) is 17.0 Å². The summed E-state index contributed by atoms with van der Waals surface area (Å²) in [6, 6.07) is 6.42. The summed E-state index contributed by atoms with van der Waals surface area (Å²) < 4.78 is 16.7. The minimum atomic E-state index is 0.308. The molecule has 32 heavy (non-hydrogen) atoms. The molecular formula is C22H31N7O3. The molecule has 2 aliphatic heterocycles. The van der Waals surface area contributed by atoms with E-state index >= 15 is 0 Å². The zero-order valence-corrected chi connectivity index (χ0v) is 18.8. The van der Waals surface area contributed by atoms with Crippen LogP contribution in [0.4, 0.5) is 11.6 Å². The topological polar surface area (TPSA) is 97.2 Å². The first-order valence-corrected chi connectivity index (χ1v) is 11.1. The van der Waals surface area contributed by atoms with E-state index in [9.17, 15) is 0 Å². The molecule has 0 bridgehead atoms. The molecule has 2 fully saturated rings. The fourth-order valence-corrected chi connectivity index (χ4v) is 3.45. The van der Waals surface area contributed by atoms with E-state index in [1.807, 2.05) is 6.07 Å². The Bertz CT molecular complexity index is 912. The van der Waals surface area contributed by atoms with Gasteiger partial charge in [-0.1, -0.05) is 6.07 Å². The van der Waals surface area contributed by atoms with Gasteiger partial charge < -0.3 is 19.1 Å². The molecule has 2 aromatic rings. The Morgan fingerprint density at radius 3 is 2.50 bits per heavy atom. The Kier molecular flexibility index (Phi) is 7.81. The largest absolute Gasteiger partial charge is 0.462 e. The highest BCUT2D eigenvalue weighted by Crippen LogP contribution is 2.15. The molecule has 1 aromatic heterocycles. The van der Waals surface area contributed by atoms with Crippen molar-refractivity contribution in [1.29, 1.82) is 0 Å². The average Bonchev–Trinajstić information content (AvgIpc) is 2.83. The van der Waals surface area contributed by atoms with E-state index in [2.05, 4.69) is 61.3 Å². The number of nitrogens with zero attached hydrogens (tertiary/aromatic N) is 6. The van der Waals surface area contributed by atoms with E-state index < -0.39 is 0 Å². The molecule has 0 radical (unpaired) electrons. The highest BCUT2D eigenvalue weighted by Gasteiger charge is 2.17. The Hall–Kier alpha value is -2.82. The van der Waals surface area contributed by atoms with Crippen LogP contribution >= 0.6 is 0 Å². The fourth-order valence-electron chi connectivity index (χ4n) is 3.45. The second-order valence-corrected chi connectivity index (χ2v) is 7.85. The number of aryl methyl sites for hydroxylation is 2. The maximum Gasteiger partial charge on any atom is 0.321 e. The number of ether oxygens (including phenoxy) is 3. The zero-order valence-electron chi connectivity index (χ0n) is 18.8. The number of hydrogen-bond acceptors (Lipinski definition) is 10. The summed E-state index contributed by atoms with van der Waals surface area (Å²) in [5.41, 5.74) is 6.40. The molecule has 2 saturated heterocycles. The lowest BCUT2D eigenvalue weighted by Crippen LogP contribution is -2.39. The highest BCUT2D eigenvalue weighted by atomic mass is 16.5. The van der Waals surface area contributed by atoms with Crippen molar-refractivity contribution in [1.82, 2.24) is 19.9 Å². The van der Waals surface area contributed by atoms with Gasteiger partial charge in [0, 0.05) is 32.7 Å². The molecule has 1 aromatic carbocycles. The SMILES string of the molecule is Cc1ccc(NN=Cc2nc(OCCN3CCOCC3)nc(N3CCOCC3)n2)cc1C. The molecule has 10 heteroatoms. The average molecular weight is 442 g/mol. The van der Waals surface area contributed by atoms with Gasteiger partial charge in [0.25, 0.3) is 0 Å². The first-order valence-electron chi connectivity index (χ1n) is 11.1. The van der Waals surface area contributed by atoms with Crippen LogP contribution in [0.15, 0.2) is 23.3 Å². The summed E-state index contributed by atoms with van der Waals surface area (Å²) in [4.78, 5) is 17.9. The summed E-state index contributed by atoms with van der Waals surface area (Å²) in [7, 11) is 0. The third kappa shape index (κ3) is 6.35. The van der Waals surface area contributed by atoms with E-state index in [1.54, 1.807) is 6.21 Å². The number of hydrogen-bond donors (Lipinski definition) is 1. The van der Waals surface area contributed by atoms with Gasteiger partial charge in [-0.05, 0) is 37.1 Å². The Morgan fingerprint density at radius 1 is 1.00 bits per heavy atom. The maximum absolute atomic E-state index is 5.89. The molecule has 0 atom stereocenters. The van der Waals surface area contributed by atoms with Gasteiger partial charge >= 0.3 is 6.01 Å². The molecule has 172 valence electrons. The van der Waals surface area contributed by atoms with E-state index in [0.29, 0.717) is 37.6 Å². The smallest absolute Gasteiger partial charge is 0.321 e. The van der Waals surface area contributed by atoms with Gasteiger partial charge in [-0.3, -0.25) is 10.3 Å². The molecule has 4 rings (SSSR count). The summed E-state index contributed by atoms with van der Waals surface area (Å²) in [5, 5.41) is 4.32. The normalized spacial score (nSPS) is 17.6. The molecule has 2 aliphatic rings. The van der Waals surface area contributed by atoms with Crippen LogP contribution in [-0.2, 0) is 9.47 Å². The van der Waals surface area contributed by atoms with E-state index in [0.717, 1.165) is 51.6 Å². The minimum Gasteiger partial charge on any atom is -0.462 e. The fraction of sp³-hybridized carbons (Fsp3) is 0.545. The standard InChI is InChI=1S/C22H31N7O3/c1-17-3-4-19(15-18(17)2)27-23-16-20-24-21(29-8-12-31-13-9-29)26-22(25-20)32-14-7-28-5-10-30-11-6-28/h3-4,15-16,27H,5-14H2,1-2H3. The van der Waals surface area contributed by atoms with Crippen molar-refractivity contribution in [2.75, 3.05) is 76.1 Å². The molecule has 1 N–H and O–H groups in total. The number of anilines is 2. The quantitative estimate of drug-likeness (QED) is 0.482. The summed E-state index contributed by atoms with van der Waals surface area (Å²) in [6.07, 6.45) is 1.59. The van der Waals surface area contributed by atoms with Crippen LogP contribution in [0, 0.1) is 13.8 Å². The Morgan fingerprint density at radius 2 is 1.75 bits per heavy atom.